The van der Waals surface area contributed by atoms with Crippen molar-refractivity contribution in [1.82, 2.24) is 0 Å². The normalized spacial score (nSPS) is 12.1. The molecule has 0 saturated carbocycles. The van der Waals surface area contributed by atoms with E-state index in [1.165, 1.54) is 0 Å². The third kappa shape index (κ3) is 2.23. The van der Waals surface area contributed by atoms with Crippen LogP contribution in [0, 0.1) is 0 Å². The molecular formula is C10H14N2O2. The van der Waals surface area contributed by atoms with Crippen molar-refractivity contribution < 1.29 is 9.53 Å². The summed E-state index contributed by atoms with van der Waals surface area (Å²) in [6.07, 6.45) is 0. The molecule has 0 aliphatic heterocycles. The van der Waals surface area contributed by atoms with Crippen LogP contribution in [-0.4, -0.2) is 19.6 Å². The van der Waals surface area contributed by atoms with Crippen molar-refractivity contribution in [1.29, 1.82) is 0 Å². The zero-order chi connectivity index (χ0) is 10.6. The van der Waals surface area contributed by atoms with Crippen LogP contribution in [0.25, 0.3) is 0 Å². The largest absolute Gasteiger partial charge is 0.497 e. The maximum Gasteiger partial charge on any atom is 0.226 e. The van der Waals surface area contributed by atoms with Crippen LogP contribution in [0.5, 0.6) is 5.75 Å². The number of amides is 1. The Bertz CT molecular complexity index is 326. The van der Waals surface area contributed by atoms with Crippen LogP contribution in [0.2, 0.25) is 0 Å². The average molecular weight is 194 g/mol. The maximum atomic E-state index is 11.0. The predicted octanol–water partition coefficient (Wildman–Crippen LogP) is 0.223. The molecule has 0 heterocycles. The van der Waals surface area contributed by atoms with E-state index in [0.29, 0.717) is 5.75 Å². The Labute approximate surface area is 82.8 Å². The number of carbonyl (C=O) groups excluding carboxylic acids is 1. The van der Waals surface area contributed by atoms with Gasteiger partial charge in [-0.15, -0.1) is 0 Å². The van der Waals surface area contributed by atoms with Crippen molar-refractivity contribution in [2.24, 2.45) is 11.5 Å². The molecule has 1 atom stereocenters. The van der Waals surface area contributed by atoms with Gasteiger partial charge < -0.3 is 16.2 Å². The van der Waals surface area contributed by atoms with Crippen LogP contribution in [0.4, 0.5) is 0 Å². The van der Waals surface area contributed by atoms with Crippen molar-refractivity contribution in [3.63, 3.8) is 0 Å². The first-order valence-electron chi connectivity index (χ1n) is 4.32. The van der Waals surface area contributed by atoms with Gasteiger partial charge in [-0.3, -0.25) is 4.79 Å². The van der Waals surface area contributed by atoms with Gasteiger partial charge in [0.2, 0.25) is 5.91 Å². The Balaban J connectivity index is 2.98. The minimum Gasteiger partial charge on any atom is -0.497 e. The van der Waals surface area contributed by atoms with Crippen LogP contribution in [0.3, 0.4) is 0 Å². The summed E-state index contributed by atoms with van der Waals surface area (Å²) in [7, 11) is 1.57. The molecule has 0 bridgehead atoms. The van der Waals surface area contributed by atoms with E-state index in [0.717, 1.165) is 5.56 Å². The van der Waals surface area contributed by atoms with Crippen molar-refractivity contribution in [3.8, 4) is 5.75 Å². The molecule has 0 aromatic heterocycles. The zero-order valence-electron chi connectivity index (χ0n) is 8.07. The Morgan fingerprint density at radius 2 is 2.29 bits per heavy atom. The molecule has 4 heteroatoms. The van der Waals surface area contributed by atoms with Gasteiger partial charge in [-0.1, -0.05) is 12.1 Å². The highest BCUT2D eigenvalue weighted by Gasteiger charge is 2.15. The highest BCUT2D eigenvalue weighted by molar-refractivity contribution is 5.82. The van der Waals surface area contributed by atoms with Gasteiger partial charge in [-0.25, -0.2) is 0 Å². The number of hydrogen-bond donors (Lipinski definition) is 2. The standard InChI is InChI=1S/C10H14N2O2/c1-14-8-4-2-3-7(5-8)9(6-11)10(12)13/h2-5,9H,6,11H2,1H3,(H2,12,13)/t9-/m0/s1. The second kappa shape index (κ2) is 4.62. The number of primary amides is 1. The summed E-state index contributed by atoms with van der Waals surface area (Å²) in [5, 5.41) is 0. The molecule has 0 spiro atoms. The van der Waals surface area contributed by atoms with E-state index >= 15 is 0 Å². The van der Waals surface area contributed by atoms with E-state index < -0.39 is 11.8 Å². The minimum absolute atomic E-state index is 0.211. The lowest BCUT2D eigenvalue weighted by Crippen LogP contribution is -2.27. The van der Waals surface area contributed by atoms with E-state index in [4.69, 9.17) is 16.2 Å². The number of rotatable bonds is 4. The van der Waals surface area contributed by atoms with E-state index in [1.54, 1.807) is 25.3 Å². The van der Waals surface area contributed by atoms with Gasteiger partial charge in [0.05, 0.1) is 13.0 Å². The Morgan fingerprint density at radius 3 is 2.79 bits per heavy atom. The smallest absolute Gasteiger partial charge is 0.226 e. The summed E-state index contributed by atoms with van der Waals surface area (Å²) in [5.41, 5.74) is 11.5. The van der Waals surface area contributed by atoms with E-state index in [2.05, 4.69) is 0 Å². The van der Waals surface area contributed by atoms with Gasteiger partial charge in [0, 0.05) is 6.54 Å². The first kappa shape index (κ1) is 10.5. The second-order valence-corrected chi connectivity index (χ2v) is 2.97. The lowest BCUT2D eigenvalue weighted by molar-refractivity contribution is -0.119. The average Bonchev–Trinajstić information content (AvgIpc) is 2.19. The van der Waals surface area contributed by atoms with Crippen molar-refractivity contribution in [2.45, 2.75) is 5.92 Å². The summed E-state index contributed by atoms with van der Waals surface area (Å²) in [6, 6.07) is 7.19. The molecule has 0 fully saturated rings. The molecule has 14 heavy (non-hydrogen) atoms. The number of carbonyl (C=O) groups is 1. The third-order valence-corrected chi connectivity index (χ3v) is 2.08. The van der Waals surface area contributed by atoms with Gasteiger partial charge in [-0.05, 0) is 17.7 Å². The monoisotopic (exact) mass is 194 g/mol. The lowest BCUT2D eigenvalue weighted by atomic mass is 9.98. The molecule has 76 valence electrons. The first-order valence-corrected chi connectivity index (χ1v) is 4.32. The number of hydrogen-bond acceptors (Lipinski definition) is 3. The molecular weight excluding hydrogens is 180 g/mol. The third-order valence-electron chi connectivity index (χ3n) is 2.08. The van der Waals surface area contributed by atoms with Crippen LogP contribution < -0.4 is 16.2 Å². The fourth-order valence-corrected chi connectivity index (χ4v) is 1.27. The quantitative estimate of drug-likeness (QED) is 0.719. The molecule has 0 aliphatic carbocycles. The molecule has 1 aromatic carbocycles. The molecule has 0 radical (unpaired) electrons. The van der Waals surface area contributed by atoms with Crippen LogP contribution >= 0.6 is 0 Å². The Hall–Kier alpha value is -1.55. The highest BCUT2D eigenvalue weighted by atomic mass is 16.5. The summed E-state index contributed by atoms with van der Waals surface area (Å²) < 4.78 is 5.04. The van der Waals surface area contributed by atoms with Gasteiger partial charge in [0.1, 0.15) is 5.75 Å². The fourth-order valence-electron chi connectivity index (χ4n) is 1.27. The molecule has 1 aromatic rings. The zero-order valence-corrected chi connectivity index (χ0v) is 8.07. The van der Waals surface area contributed by atoms with Gasteiger partial charge in [0.25, 0.3) is 0 Å². The summed E-state index contributed by atoms with van der Waals surface area (Å²) in [4.78, 5) is 11.0. The Morgan fingerprint density at radius 1 is 1.57 bits per heavy atom. The second-order valence-electron chi connectivity index (χ2n) is 2.97. The Kier molecular flexibility index (Phi) is 3.48. The SMILES string of the molecule is COc1cccc([C@H](CN)C(N)=O)c1. The van der Waals surface area contributed by atoms with Crippen LogP contribution in [-0.2, 0) is 4.79 Å². The van der Waals surface area contributed by atoms with Gasteiger partial charge in [-0.2, -0.15) is 0 Å². The van der Waals surface area contributed by atoms with E-state index in [1.807, 2.05) is 6.07 Å². The summed E-state index contributed by atoms with van der Waals surface area (Å²) >= 11 is 0. The van der Waals surface area contributed by atoms with Crippen molar-refractivity contribution in [3.05, 3.63) is 29.8 Å². The first-order chi connectivity index (χ1) is 6.69. The molecule has 0 aliphatic rings. The van der Waals surface area contributed by atoms with Crippen LogP contribution in [0.1, 0.15) is 11.5 Å². The van der Waals surface area contributed by atoms with Gasteiger partial charge >= 0.3 is 0 Å². The minimum atomic E-state index is -0.440. The van der Waals surface area contributed by atoms with Crippen LogP contribution in [0.15, 0.2) is 24.3 Å². The molecule has 1 amide bonds. The number of methoxy groups -OCH3 is 1. The fraction of sp³-hybridized carbons (Fsp3) is 0.300. The molecule has 0 saturated heterocycles. The van der Waals surface area contributed by atoms with E-state index in [9.17, 15) is 4.79 Å². The molecule has 4 nitrogen and oxygen atoms in total. The van der Waals surface area contributed by atoms with E-state index in [-0.39, 0.29) is 6.54 Å². The van der Waals surface area contributed by atoms with Crippen molar-refractivity contribution >= 4 is 5.91 Å². The molecule has 1 rings (SSSR count). The highest BCUT2D eigenvalue weighted by Crippen LogP contribution is 2.19. The maximum absolute atomic E-state index is 11.0. The molecule has 4 N–H and O–H groups in total. The predicted molar refractivity (Wildman–Crippen MR) is 54.0 cm³/mol. The lowest BCUT2D eigenvalue weighted by Gasteiger charge is -2.11. The topological polar surface area (TPSA) is 78.3 Å². The summed E-state index contributed by atoms with van der Waals surface area (Å²) in [6.45, 7) is 0.211. The molecule has 0 unspecified atom stereocenters. The number of ether oxygens (including phenoxy) is 1. The number of nitrogens with two attached hydrogens (primary N) is 2. The summed E-state index contributed by atoms with van der Waals surface area (Å²) in [5.74, 6) is -0.159. The number of benzene rings is 1. The van der Waals surface area contributed by atoms with Crippen molar-refractivity contribution in [2.75, 3.05) is 13.7 Å². The van der Waals surface area contributed by atoms with Gasteiger partial charge in [0.15, 0.2) is 0 Å².